The Morgan fingerprint density at radius 1 is 0.975 bits per heavy atom. The van der Waals surface area contributed by atoms with E-state index >= 15 is 0 Å². The summed E-state index contributed by atoms with van der Waals surface area (Å²) in [5.74, 6) is 2.94. The molecule has 7 nitrogen and oxygen atoms in total. The standard InChI is InChI=1S/C33H51N3O4/c1-23(8-6-16-37)26-9-10-27-31-28(22-30(33(26,27)3)40-19-15-36-5)32(2)12-11-25(38-18-14-35-4)20-24(32)21-29(31)39-17-7-13-34/h23-31,37H,6-12,14-22H2,1-3H3/t23-,24+,25?,26-,27+,28+,29-,30+,31+,32+,33-/m1/s1. The van der Waals surface area contributed by atoms with Crippen LogP contribution in [-0.4, -0.2) is 62.9 Å². The van der Waals surface area contributed by atoms with Gasteiger partial charge in [-0.2, -0.15) is 5.26 Å². The second kappa shape index (κ2) is 14.0. The van der Waals surface area contributed by atoms with Crippen molar-refractivity contribution in [1.29, 1.82) is 5.26 Å². The predicted molar refractivity (Wildman–Crippen MR) is 154 cm³/mol. The maximum atomic E-state index is 9.55. The molecule has 4 aliphatic rings. The Morgan fingerprint density at radius 3 is 2.42 bits per heavy atom. The van der Waals surface area contributed by atoms with E-state index in [4.69, 9.17) is 27.4 Å². The summed E-state index contributed by atoms with van der Waals surface area (Å²) in [6.45, 7) is 24.4. The number of nitrogens with zero attached hydrogens (tertiary/aromatic N) is 3. The molecule has 7 heteroatoms. The third-order valence-corrected chi connectivity index (χ3v) is 11.9. The molecule has 0 radical (unpaired) electrons. The summed E-state index contributed by atoms with van der Waals surface area (Å²) in [6, 6.07) is 2.28. The van der Waals surface area contributed by atoms with Crippen LogP contribution in [0.3, 0.4) is 0 Å². The molecular weight excluding hydrogens is 502 g/mol. The first-order chi connectivity index (χ1) is 19.3. The number of nitriles is 1. The molecule has 4 aliphatic carbocycles. The molecule has 222 valence electrons. The number of fused-ring (bicyclic) bond motifs is 5. The lowest BCUT2D eigenvalue weighted by Crippen LogP contribution is -2.63. The van der Waals surface area contributed by atoms with E-state index in [9.17, 15) is 10.4 Å². The molecule has 1 unspecified atom stereocenters. The van der Waals surface area contributed by atoms with Gasteiger partial charge in [0.1, 0.15) is 13.2 Å². The molecule has 0 heterocycles. The second-order valence-electron chi connectivity index (χ2n) is 13.6. The quantitative estimate of drug-likeness (QED) is 0.218. The van der Waals surface area contributed by atoms with E-state index in [1.54, 1.807) is 0 Å². The SMILES string of the molecule is [C-]#[N+]CCOC1CC[C@@]2(C)[C@@H](C1)C[C@@H](OCCC#N)[C@@H]1[C@@H]2C[C@H](OCC[N+]#[C-])[C@]2(C)[C@@H]([C@H](C)CCCO)CC[C@@H]12. The van der Waals surface area contributed by atoms with E-state index in [0.29, 0.717) is 74.8 Å². The van der Waals surface area contributed by atoms with Crippen molar-refractivity contribution < 1.29 is 19.3 Å². The molecule has 4 rings (SSSR count). The van der Waals surface area contributed by atoms with Crippen molar-refractivity contribution in [2.45, 2.75) is 103 Å². The van der Waals surface area contributed by atoms with Crippen LogP contribution in [0.4, 0.5) is 0 Å². The minimum absolute atomic E-state index is 0.0121. The summed E-state index contributed by atoms with van der Waals surface area (Å²) in [4.78, 5) is 7.06. The molecule has 0 bridgehead atoms. The zero-order chi connectivity index (χ0) is 28.8. The topological polar surface area (TPSA) is 80.4 Å². The molecule has 0 saturated heterocycles. The fourth-order valence-electron chi connectivity index (χ4n) is 10.0. The average molecular weight is 554 g/mol. The number of hydrogen-bond donors (Lipinski definition) is 1. The summed E-state index contributed by atoms with van der Waals surface area (Å²) >= 11 is 0. The Morgan fingerprint density at radius 2 is 1.73 bits per heavy atom. The van der Waals surface area contributed by atoms with Crippen LogP contribution < -0.4 is 0 Å². The molecule has 4 fully saturated rings. The van der Waals surface area contributed by atoms with Gasteiger partial charge >= 0.3 is 0 Å². The Hall–Kier alpha value is -1.69. The number of aliphatic hydroxyl groups is 1. The number of rotatable bonds is 13. The fourth-order valence-corrected chi connectivity index (χ4v) is 10.0. The van der Waals surface area contributed by atoms with E-state index in [-0.39, 0.29) is 35.7 Å². The van der Waals surface area contributed by atoms with Gasteiger partial charge < -0.3 is 29.0 Å². The van der Waals surface area contributed by atoms with Gasteiger partial charge in [-0.05, 0) is 98.7 Å². The van der Waals surface area contributed by atoms with E-state index in [1.165, 1.54) is 12.8 Å². The summed E-state index contributed by atoms with van der Waals surface area (Å²) in [5.41, 5.74) is 0.195. The summed E-state index contributed by atoms with van der Waals surface area (Å²) < 4.78 is 19.5. The van der Waals surface area contributed by atoms with Crippen LogP contribution in [0.2, 0.25) is 0 Å². The van der Waals surface area contributed by atoms with Crippen LogP contribution in [0.25, 0.3) is 9.69 Å². The van der Waals surface area contributed by atoms with Gasteiger partial charge in [-0.1, -0.05) is 20.8 Å². The highest BCUT2D eigenvalue weighted by molar-refractivity contribution is 5.15. The smallest absolute Gasteiger partial charge is 0.237 e. The highest BCUT2D eigenvalue weighted by atomic mass is 16.5. The lowest BCUT2D eigenvalue weighted by Gasteiger charge is -2.64. The molecule has 0 aromatic heterocycles. The minimum Gasteiger partial charge on any atom is -0.396 e. The van der Waals surface area contributed by atoms with E-state index < -0.39 is 0 Å². The first kappa shape index (κ1) is 31.3. The van der Waals surface area contributed by atoms with Crippen molar-refractivity contribution in [2.75, 3.05) is 39.5 Å². The molecular formula is C33H51N3O4. The summed E-state index contributed by atoms with van der Waals surface area (Å²) in [7, 11) is 0. The summed E-state index contributed by atoms with van der Waals surface area (Å²) in [6.07, 6.45) is 10.3. The third kappa shape index (κ3) is 6.08. The number of ether oxygens (including phenoxy) is 3. The molecule has 40 heavy (non-hydrogen) atoms. The molecule has 0 spiro atoms. The number of aliphatic hydroxyl groups excluding tert-OH is 1. The third-order valence-electron chi connectivity index (χ3n) is 11.9. The maximum absolute atomic E-state index is 9.55. The molecule has 4 saturated carbocycles. The minimum atomic E-state index is 0.0121. The zero-order valence-corrected chi connectivity index (χ0v) is 25.0. The highest BCUT2D eigenvalue weighted by Crippen LogP contribution is 2.69. The Bertz CT molecular complexity index is 955. The number of hydrogen-bond acceptors (Lipinski definition) is 5. The molecule has 1 N–H and O–H groups in total. The van der Waals surface area contributed by atoms with Crippen LogP contribution in [0, 0.1) is 70.8 Å². The molecule has 0 aromatic carbocycles. The Labute approximate surface area is 242 Å². The van der Waals surface area contributed by atoms with Crippen molar-refractivity contribution in [3.8, 4) is 6.07 Å². The van der Waals surface area contributed by atoms with Gasteiger partial charge in [0.25, 0.3) is 0 Å². The Kier molecular flexibility index (Phi) is 10.9. The van der Waals surface area contributed by atoms with Gasteiger partial charge in [0.05, 0.1) is 37.4 Å². The Balaban J connectivity index is 1.66. The van der Waals surface area contributed by atoms with Gasteiger partial charge in [-0.25, -0.2) is 13.1 Å². The van der Waals surface area contributed by atoms with Crippen LogP contribution >= 0.6 is 0 Å². The highest BCUT2D eigenvalue weighted by Gasteiger charge is 2.66. The molecule has 0 aromatic rings. The fraction of sp³-hybridized carbons (Fsp3) is 0.909. The van der Waals surface area contributed by atoms with Crippen molar-refractivity contribution in [2.24, 2.45) is 46.3 Å². The molecule has 0 aliphatic heterocycles. The first-order valence-corrected chi connectivity index (χ1v) is 15.8. The van der Waals surface area contributed by atoms with Crippen molar-refractivity contribution in [3.63, 3.8) is 0 Å². The van der Waals surface area contributed by atoms with E-state index in [1.807, 2.05) is 0 Å². The van der Waals surface area contributed by atoms with Crippen LogP contribution in [0.15, 0.2) is 0 Å². The van der Waals surface area contributed by atoms with Gasteiger partial charge in [0.15, 0.2) is 0 Å². The molecule has 11 atom stereocenters. The van der Waals surface area contributed by atoms with Gasteiger partial charge in [0, 0.05) is 12.0 Å². The van der Waals surface area contributed by atoms with Crippen molar-refractivity contribution in [1.82, 2.24) is 0 Å². The normalized spacial score (nSPS) is 41.0. The molecule has 0 amide bonds. The van der Waals surface area contributed by atoms with Gasteiger partial charge in [-0.15, -0.1) is 0 Å². The van der Waals surface area contributed by atoms with E-state index in [0.717, 1.165) is 44.9 Å². The van der Waals surface area contributed by atoms with Gasteiger partial charge in [-0.3, -0.25) is 0 Å². The van der Waals surface area contributed by atoms with E-state index in [2.05, 4.69) is 36.5 Å². The zero-order valence-electron chi connectivity index (χ0n) is 25.0. The first-order valence-electron chi connectivity index (χ1n) is 15.8. The maximum Gasteiger partial charge on any atom is 0.237 e. The van der Waals surface area contributed by atoms with Crippen LogP contribution in [0.5, 0.6) is 0 Å². The largest absolute Gasteiger partial charge is 0.396 e. The lowest BCUT2D eigenvalue weighted by molar-refractivity contribution is -0.226. The van der Waals surface area contributed by atoms with Gasteiger partial charge in [0.2, 0.25) is 13.1 Å². The second-order valence-corrected chi connectivity index (χ2v) is 13.6. The van der Waals surface area contributed by atoms with Crippen molar-refractivity contribution in [3.05, 3.63) is 22.8 Å². The predicted octanol–water partition coefficient (Wildman–Crippen LogP) is 6.18. The van der Waals surface area contributed by atoms with Crippen LogP contribution in [-0.2, 0) is 14.2 Å². The average Bonchev–Trinajstić information content (AvgIpc) is 3.31. The summed E-state index contributed by atoms with van der Waals surface area (Å²) in [5, 5.41) is 18.8. The lowest BCUT2D eigenvalue weighted by atomic mass is 9.43. The van der Waals surface area contributed by atoms with Crippen molar-refractivity contribution >= 4 is 0 Å². The monoisotopic (exact) mass is 553 g/mol. The van der Waals surface area contributed by atoms with Crippen LogP contribution in [0.1, 0.15) is 85.0 Å².